The van der Waals surface area contributed by atoms with Crippen LogP contribution in [0.25, 0.3) is 10.1 Å². The van der Waals surface area contributed by atoms with E-state index in [1.807, 2.05) is 55.0 Å². The number of thiophene rings is 1. The van der Waals surface area contributed by atoms with Crippen LogP contribution in [0.2, 0.25) is 0 Å². The van der Waals surface area contributed by atoms with Crippen LogP contribution in [0.4, 0.5) is 5.69 Å². The molecule has 8 heteroatoms. The Morgan fingerprint density at radius 2 is 1.95 bits per heavy atom. The van der Waals surface area contributed by atoms with Crippen LogP contribution in [0.1, 0.15) is 45.4 Å². The molecule has 190 valence electrons. The van der Waals surface area contributed by atoms with Gasteiger partial charge in [0.25, 0.3) is 5.91 Å². The van der Waals surface area contributed by atoms with Gasteiger partial charge in [0.05, 0.1) is 35.1 Å². The van der Waals surface area contributed by atoms with Gasteiger partial charge in [-0.15, -0.1) is 11.3 Å². The molecule has 2 aromatic carbocycles. The number of benzene rings is 2. The zero-order valence-corrected chi connectivity index (χ0v) is 22.0. The fraction of sp³-hybridized carbons (Fsp3) is 0.200. The van der Waals surface area contributed by atoms with Crippen LogP contribution < -0.4 is 10.2 Å². The Bertz CT molecular complexity index is 1570. The number of fused-ring (bicyclic) bond motifs is 1. The monoisotopic (exact) mass is 520 g/mol. The first-order valence-electron chi connectivity index (χ1n) is 12.6. The highest BCUT2D eigenvalue weighted by molar-refractivity contribution is 7.20. The predicted octanol–water partition coefficient (Wildman–Crippen LogP) is 5.76. The molecule has 0 fully saturated rings. The summed E-state index contributed by atoms with van der Waals surface area (Å²) in [6.07, 6.45) is 8.26. The lowest BCUT2D eigenvalue weighted by Gasteiger charge is -2.25. The first-order valence-corrected chi connectivity index (χ1v) is 13.4. The lowest BCUT2D eigenvalue weighted by atomic mass is 10.1. The van der Waals surface area contributed by atoms with Crippen molar-refractivity contribution >= 4 is 33.0 Å². The van der Waals surface area contributed by atoms with E-state index < -0.39 is 0 Å². The van der Waals surface area contributed by atoms with Gasteiger partial charge in [-0.1, -0.05) is 25.1 Å². The average Bonchev–Trinajstić information content (AvgIpc) is 3.58. The average molecular weight is 521 g/mol. The Morgan fingerprint density at radius 3 is 2.71 bits per heavy atom. The summed E-state index contributed by atoms with van der Waals surface area (Å²) in [6.45, 7) is 4.94. The third kappa shape index (κ3) is 5.90. The number of nitriles is 1. The van der Waals surface area contributed by atoms with Gasteiger partial charge < -0.3 is 14.8 Å². The fourth-order valence-electron chi connectivity index (χ4n) is 4.38. The molecular weight excluding hydrogens is 492 g/mol. The molecule has 0 unspecified atom stereocenters. The van der Waals surface area contributed by atoms with Crippen molar-refractivity contribution in [2.45, 2.75) is 33.0 Å². The second-order valence-electron chi connectivity index (χ2n) is 9.12. The predicted molar refractivity (Wildman–Crippen MR) is 151 cm³/mol. The maximum absolute atomic E-state index is 12.8. The van der Waals surface area contributed by atoms with Crippen molar-refractivity contribution in [3.05, 3.63) is 113 Å². The van der Waals surface area contributed by atoms with Crippen LogP contribution in [0.3, 0.4) is 0 Å². The van der Waals surface area contributed by atoms with Crippen molar-refractivity contribution in [1.82, 2.24) is 19.9 Å². The van der Waals surface area contributed by atoms with Gasteiger partial charge in [-0.05, 0) is 65.4 Å². The van der Waals surface area contributed by atoms with Crippen molar-refractivity contribution in [1.29, 1.82) is 5.26 Å². The Kier molecular flexibility index (Phi) is 7.76. The maximum atomic E-state index is 12.8. The summed E-state index contributed by atoms with van der Waals surface area (Å²) in [5.41, 5.74) is 4.98. The highest BCUT2D eigenvalue weighted by atomic mass is 32.1. The Labute approximate surface area is 226 Å². The van der Waals surface area contributed by atoms with E-state index in [9.17, 15) is 4.79 Å². The van der Waals surface area contributed by atoms with Crippen LogP contribution in [0.15, 0.2) is 85.6 Å². The van der Waals surface area contributed by atoms with E-state index in [4.69, 9.17) is 5.26 Å². The number of imidazole rings is 1. The Hall–Kier alpha value is -4.48. The van der Waals surface area contributed by atoms with Gasteiger partial charge in [0.2, 0.25) is 0 Å². The fourth-order valence-corrected chi connectivity index (χ4v) is 5.34. The van der Waals surface area contributed by atoms with Gasteiger partial charge >= 0.3 is 0 Å². The third-order valence-corrected chi connectivity index (χ3v) is 7.46. The third-order valence-electron chi connectivity index (χ3n) is 6.35. The molecule has 0 radical (unpaired) electrons. The largest absolute Gasteiger partial charge is 0.366 e. The van der Waals surface area contributed by atoms with E-state index in [2.05, 4.69) is 55.9 Å². The first-order chi connectivity index (χ1) is 18.6. The van der Waals surface area contributed by atoms with Crippen LogP contribution >= 0.6 is 11.3 Å². The number of aromatic nitrogens is 3. The normalized spacial score (nSPS) is 10.8. The molecule has 0 atom stereocenters. The highest BCUT2D eigenvalue weighted by Crippen LogP contribution is 2.30. The molecule has 3 aromatic heterocycles. The quantitative estimate of drug-likeness (QED) is 0.253. The Morgan fingerprint density at radius 1 is 1.08 bits per heavy atom. The van der Waals surface area contributed by atoms with Crippen molar-refractivity contribution in [2.75, 3.05) is 11.4 Å². The van der Waals surface area contributed by atoms with Crippen molar-refractivity contribution in [3.63, 3.8) is 0 Å². The van der Waals surface area contributed by atoms with E-state index >= 15 is 0 Å². The molecule has 0 saturated carbocycles. The van der Waals surface area contributed by atoms with Crippen molar-refractivity contribution < 1.29 is 4.79 Å². The van der Waals surface area contributed by atoms with E-state index in [1.165, 1.54) is 11.3 Å². The molecule has 1 amide bonds. The standard InChI is InChI=1S/C30H28N6OS/c1-2-12-35(20-27-18-33-21-36(27)19-23-7-5-22(15-31)6-8-23)26-9-10-28-25(13-26)14-29(38-28)30(37)34-17-24-4-3-11-32-16-24/h3-11,13-14,16,18,21H,2,12,17,19-20H2,1H3,(H,34,37). The second-order valence-corrected chi connectivity index (χ2v) is 10.2. The SMILES string of the molecule is CCCN(Cc1cncn1Cc1ccc(C#N)cc1)c1ccc2sc(C(=O)NCc3cccnc3)cc2c1. The van der Waals surface area contributed by atoms with Gasteiger partial charge in [0, 0.05) is 48.6 Å². The topological polar surface area (TPSA) is 86.8 Å². The Balaban J connectivity index is 1.31. The van der Waals surface area contributed by atoms with Gasteiger partial charge in [-0.2, -0.15) is 5.26 Å². The molecule has 7 nitrogen and oxygen atoms in total. The number of nitrogens with one attached hydrogen (secondary N) is 1. The minimum atomic E-state index is -0.0753. The number of hydrogen-bond acceptors (Lipinski definition) is 6. The lowest BCUT2D eigenvalue weighted by molar-refractivity contribution is 0.0955. The minimum absolute atomic E-state index is 0.0753. The summed E-state index contributed by atoms with van der Waals surface area (Å²) in [6, 6.07) is 22.0. The summed E-state index contributed by atoms with van der Waals surface area (Å²) in [4.78, 5) is 24.3. The second kappa shape index (κ2) is 11.7. The maximum Gasteiger partial charge on any atom is 0.261 e. The van der Waals surface area contributed by atoms with E-state index in [0.29, 0.717) is 23.5 Å². The number of amides is 1. The number of rotatable bonds is 10. The van der Waals surface area contributed by atoms with E-state index in [0.717, 1.165) is 52.1 Å². The molecule has 0 spiro atoms. The molecule has 5 aromatic rings. The van der Waals surface area contributed by atoms with E-state index in [-0.39, 0.29) is 5.91 Å². The first kappa shape index (κ1) is 25.2. The van der Waals surface area contributed by atoms with E-state index in [1.54, 1.807) is 12.4 Å². The van der Waals surface area contributed by atoms with Gasteiger partial charge in [0.1, 0.15) is 0 Å². The number of carbonyl (C=O) groups is 1. The molecule has 0 bridgehead atoms. The van der Waals surface area contributed by atoms with Gasteiger partial charge in [-0.3, -0.25) is 9.78 Å². The number of pyridine rings is 1. The van der Waals surface area contributed by atoms with Crippen LogP contribution in [-0.2, 0) is 19.6 Å². The minimum Gasteiger partial charge on any atom is -0.366 e. The number of carbonyl (C=O) groups excluding carboxylic acids is 1. The highest BCUT2D eigenvalue weighted by Gasteiger charge is 2.14. The molecule has 0 saturated heterocycles. The van der Waals surface area contributed by atoms with Crippen LogP contribution in [0.5, 0.6) is 0 Å². The molecule has 5 rings (SSSR count). The van der Waals surface area contributed by atoms with Crippen molar-refractivity contribution in [2.24, 2.45) is 0 Å². The molecule has 0 aliphatic rings. The molecule has 0 aliphatic carbocycles. The van der Waals surface area contributed by atoms with Gasteiger partial charge in [0.15, 0.2) is 0 Å². The van der Waals surface area contributed by atoms with Crippen LogP contribution in [0, 0.1) is 11.3 Å². The van der Waals surface area contributed by atoms with Gasteiger partial charge in [-0.25, -0.2) is 4.98 Å². The summed E-state index contributed by atoms with van der Waals surface area (Å²) < 4.78 is 3.24. The lowest BCUT2D eigenvalue weighted by Crippen LogP contribution is -2.25. The number of anilines is 1. The summed E-state index contributed by atoms with van der Waals surface area (Å²) in [5, 5.41) is 13.1. The molecule has 38 heavy (non-hydrogen) atoms. The zero-order valence-electron chi connectivity index (χ0n) is 21.2. The number of hydrogen-bond donors (Lipinski definition) is 1. The summed E-state index contributed by atoms with van der Waals surface area (Å²) in [5.74, 6) is -0.0753. The van der Waals surface area contributed by atoms with Crippen LogP contribution in [-0.4, -0.2) is 27.0 Å². The smallest absolute Gasteiger partial charge is 0.261 e. The summed E-state index contributed by atoms with van der Waals surface area (Å²) >= 11 is 1.51. The molecule has 1 N–H and O–H groups in total. The molecule has 0 aliphatic heterocycles. The molecular formula is C30H28N6OS. The molecule has 3 heterocycles. The van der Waals surface area contributed by atoms with Crippen molar-refractivity contribution in [3.8, 4) is 6.07 Å². The number of nitrogens with zero attached hydrogens (tertiary/aromatic N) is 5. The zero-order chi connectivity index (χ0) is 26.3. The summed E-state index contributed by atoms with van der Waals surface area (Å²) in [7, 11) is 0.